The molecule has 36 heavy (non-hydrogen) atoms. The minimum absolute atomic E-state index is 0.0630. The largest absolute Gasteiger partial charge is 0.507 e. The predicted molar refractivity (Wildman–Crippen MR) is 136 cm³/mol. The van der Waals surface area contributed by atoms with Crippen molar-refractivity contribution in [2.45, 2.75) is 19.2 Å². The molecule has 1 aliphatic heterocycles. The van der Waals surface area contributed by atoms with E-state index < -0.39 is 17.7 Å². The maximum atomic E-state index is 13.2. The van der Waals surface area contributed by atoms with Gasteiger partial charge in [-0.05, 0) is 47.0 Å². The summed E-state index contributed by atoms with van der Waals surface area (Å²) in [5.74, 6) is -0.954. The minimum atomic E-state index is -0.722. The van der Waals surface area contributed by atoms with Crippen LogP contribution in [0.2, 0.25) is 0 Å². The molecule has 3 aromatic carbocycles. The lowest BCUT2D eigenvalue weighted by Crippen LogP contribution is -2.29. The number of benzene rings is 3. The van der Waals surface area contributed by atoms with Crippen molar-refractivity contribution in [3.8, 4) is 5.75 Å². The van der Waals surface area contributed by atoms with Crippen LogP contribution in [0.25, 0.3) is 5.76 Å². The summed E-state index contributed by atoms with van der Waals surface area (Å²) in [4.78, 5) is 31.9. The van der Waals surface area contributed by atoms with Gasteiger partial charge >= 0.3 is 0 Å². The maximum Gasteiger partial charge on any atom is 0.295 e. The number of ether oxygens (including phenoxy) is 1. The number of hydrogen-bond acceptors (Lipinski definition) is 5. The number of ketones is 1. The fraction of sp³-hybridized carbons (Fsp3) is 0.100. The van der Waals surface area contributed by atoms with Gasteiger partial charge in [0.25, 0.3) is 11.7 Å². The number of nitrogens with zero attached hydrogens (tertiary/aromatic N) is 2. The van der Waals surface area contributed by atoms with Crippen LogP contribution < -0.4 is 4.74 Å². The average molecular weight is 477 g/mol. The van der Waals surface area contributed by atoms with E-state index in [1.165, 1.54) is 4.90 Å². The first kappa shape index (κ1) is 23.1. The van der Waals surface area contributed by atoms with Crippen LogP contribution in [-0.4, -0.2) is 26.7 Å². The highest BCUT2D eigenvalue weighted by Gasteiger charge is 2.46. The quantitative estimate of drug-likeness (QED) is 0.223. The number of aromatic nitrogens is 1. The second kappa shape index (κ2) is 10.3. The van der Waals surface area contributed by atoms with E-state index in [-0.39, 0.29) is 17.9 Å². The van der Waals surface area contributed by atoms with Crippen LogP contribution >= 0.6 is 0 Å². The molecule has 4 aromatic rings. The van der Waals surface area contributed by atoms with Gasteiger partial charge in [0.2, 0.25) is 0 Å². The van der Waals surface area contributed by atoms with Crippen molar-refractivity contribution in [2.24, 2.45) is 0 Å². The molecule has 0 aliphatic carbocycles. The molecule has 1 aromatic heterocycles. The Labute approximate surface area is 209 Å². The van der Waals surface area contributed by atoms with Crippen molar-refractivity contribution in [2.75, 3.05) is 0 Å². The van der Waals surface area contributed by atoms with Crippen molar-refractivity contribution in [1.82, 2.24) is 9.88 Å². The molecule has 6 heteroatoms. The molecule has 1 saturated heterocycles. The van der Waals surface area contributed by atoms with E-state index in [4.69, 9.17) is 4.74 Å². The van der Waals surface area contributed by atoms with E-state index in [0.29, 0.717) is 17.9 Å². The van der Waals surface area contributed by atoms with E-state index in [0.717, 1.165) is 16.7 Å². The molecular formula is C30H24N2O4. The zero-order valence-electron chi connectivity index (χ0n) is 19.5. The molecule has 0 spiro atoms. The first-order valence-electron chi connectivity index (χ1n) is 11.6. The average Bonchev–Trinajstić information content (AvgIpc) is 3.18. The number of carbonyl (C=O) groups is 2. The highest BCUT2D eigenvalue weighted by Crippen LogP contribution is 2.40. The Morgan fingerprint density at radius 1 is 0.833 bits per heavy atom. The molecule has 1 amide bonds. The zero-order valence-corrected chi connectivity index (χ0v) is 19.5. The van der Waals surface area contributed by atoms with E-state index in [2.05, 4.69) is 4.98 Å². The fourth-order valence-electron chi connectivity index (χ4n) is 4.32. The lowest BCUT2D eigenvalue weighted by atomic mass is 9.95. The van der Waals surface area contributed by atoms with Gasteiger partial charge in [-0.3, -0.25) is 14.6 Å². The summed E-state index contributed by atoms with van der Waals surface area (Å²) in [5.41, 5.74) is 3.07. The number of Topliss-reactive ketones (excluding diaryl/α,β-unsaturated/α-hetero) is 1. The number of carbonyl (C=O) groups excluding carboxylic acids is 2. The standard InChI is InChI=1S/C30H24N2O4/c33-28(24-13-15-25(16-14-24)36-20-21-8-3-1-4-9-21)26-27(23-11-5-2-6-12-23)32(30(35)29(26)34)19-22-10-7-17-31-18-22/h1-18,27,33H,19-20H2/b28-26+/t27-/m1/s1. The van der Waals surface area contributed by atoms with Gasteiger partial charge < -0.3 is 14.7 Å². The van der Waals surface area contributed by atoms with Crippen LogP contribution in [0.4, 0.5) is 0 Å². The van der Waals surface area contributed by atoms with Gasteiger partial charge in [-0.1, -0.05) is 66.7 Å². The van der Waals surface area contributed by atoms with Crippen LogP contribution in [0.1, 0.15) is 28.3 Å². The second-order valence-corrected chi connectivity index (χ2v) is 8.50. The van der Waals surface area contributed by atoms with Crippen molar-refractivity contribution < 1.29 is 19.4 Å². The Kier molecular flexibility index (Phi) is 6.58. The summed E-state index contributed by atoms with van der Waals surface area (Å²) in [6.45, 7) is 0.612. The van der Waals surface area contributed by atoms with Crippen LogP contribution in [-0.2, 0) is 22.7 Å². The fourth-order valence-corrected chi connectivity index (χ4v) is 4.32. The Bertz CT molecular complexity index is 1390. The lowest BCUT2D eigenvalue weighted by Gasteiger charge is -2.25. The molecule has 2 heterocycles. The topological polar surface area (TPSA) is 79.7 Å². The SMILES string of the molecule is O=C1C(=O)N(Cc2cccnc2)[C@H](c2ccccc2)/C1=C(\O)c1ccc(OCc2ccccc2)cc1. The second-order valence-electron chi connectivity index (χ2n) is 8.50. The number of pyridine rings is 1. The molecule has 0 unspecified atom stereocenters. The summed E-state index contributed by atoms with van der Waals surface area (Å²) in [6.07, 6.45) is 3.31. The van der Waals surface area contributed by atoms with Crippen LogP contribution in [0.5, 0.6) is 5.75 Å². The molecule has 0 bridgehead atoms. The summed E-state index contributed by atoms with van der Waals surface area (Å²) in [5, 5.41) is 11.2. The number of amides is 1. The number of rotatable bonds is 7. The molecule has 1 atom stereocenters. The first-order valence-corrected chi connectivity index (χ1v) is 11.6. The zero-order chi connectivity index (χ0) is 24.9. The molecule has 0 radical (unpaired) electrons. The Morgan fingerprint density at radius 2 is 1.50 bits per heavy atom. The van der Waals surface area contributed by atoms with E-state index in [1.807, 2.05) is 66.7 Å². The number of aliphatic hydroxyl groups excluding tert-OH is 1. The van der Waals surface area contributed by atoms with Gasteiger partial charge in [-0.15, -0.1) is 0 Å². The third-order valence-electron chi connectivity index (χ3n) is 6.11. The third-order valence-corrected chi connectivity index (χ3v) is 6.11. The predicted octanol–water partition coefficient (Wildman–Crippen LogP) is 5.28. The van der Waals surface area contributed by atoms with Gasteiger partial charge in [0, 0.05) is 24.5 Å². The molecule has 6 nitrogen and oxygen atoms in total. The summed E-state index contributed by atoms with van der Waals surface area (Å²) < 4.78 is 5.83. The van der Waals surface area contributed by atoms with E-state index >= 15 is 0 Å². The highest BCUT2D eigenvalue weighted by atomic mass is 16.5. The van der Waals surface area contributed by atoms with Crippen LogP contribution in [0.15, 0.2) is 115 Å². The third kappa shape index (κ3) is 4.74. The van der Waals surface area contributed by atoms with Gasteiger partial charge in [-0.25, -0.2) is 0 Å². The number of aliphatic hydroxyl groups is 1. The summed E-state index contributed by atoms with van der Waals surface area (Å²) in [7, 11) is 0. The van der Waals surface area contributed by atoms with Crippen LogP contribution in [0, 0.1) is 0 Å². The minimum Gasteiger partial charge on any atom is -0.507 e. The maximum absolute atomic E-state index is 13.2. The van der Waals surface area contributed by atoms with Crippen LogP contribution in [0.3, 0.4) is 0 Å². The smallest absolute Gasteiger partial charge is 0.295 e. The van der Waals surface area contributed by atoms with Crippen molar-refractivity contribution in [3.05, 3.63) is 137 Å². The Balaban J connectivity index is 1.47. The number of hydrogen-bond donors (Lipinski definition) is 1. The molecule has 178 valence electrons. The Morgan fingerprint density at radius 3 is 2.17 bits per heavy atom. The van der Waals surface area contributed by atoms with Crippen molar-refractivity contribution >= 4 is 17.4 Å². The molecular weight excluding hydrogens is 452 g/mol. The summed E-state index contributed by atoms with van der Waals surface area (Å²) in [6, 6.07) is 28.8. The van der Waals surface area contributed by atoms with Crippen molar-refractivity contribution in [3.63, 3.8) is 0 Å². The first-order chi connectivity index (χ1) is 17.6. The van der Waals surface area contributed by atoms with Gasteiger partial charge in [0.05, 0.1) is 11.6 Å². The van der Waals surface area contributed by atoms with Gasteiger partial charge in [0.1, 0.15) is 18.1 Å². The summed E-state index contributed by atoms with van der Waals surface area (Å²) >= 11 is 0. The molecule has 1 aliphatic rings. The van der Waals surface area contributed by atoms with Crippen molar-refractivity contribution in [1.29, 1.82) is 0 Å². The highest BCUT2D eigenvalue weighted by molar-refractivity contribution is 6.46. The lowest BCUT2D eigenvalue weighted by molar-refractivity contribution is -0.140. The Hall–Kier alpha value is -4.71. The number of likely N-dealkylation sites (tertiary alicyclic amines) is 1. The van der Waals surface area contributed by atoms with Gasteiger partial charge in [-0.2, -0.15) is 0 Å². The molecule has 1 N–H and O–H groups in total. The van der Waals surface area contributed by atoms with E-state index in [9.17, 15) is 14.7 Å². The normalized spacial score (nSPS) is 16.8. The van der Waals surface area contributed by atoms with Gasteiger partial charge in [0.15, 0.2) is 0 Å². The molecule has 0 saturated carbocycles. The molecule has 1 fully saturated rings. The molecule has 5 rings (SSSR count). The van der Waals surface area contributed by atoms with E-state index in [1.54, 1.807) is 42.7 Å². The monoisotopic (exact) mass is 476 g/mol.